The third kappa shape index (κ3) is 7.31. The fourth-order valence-electron chi connectivity index (χ4n) is 1.81. The summed E-state index contributed by atoms with van der Waals surface area (Å²) in [7, 11) is 1.62. The number of aliphatic carboxylic acids is 1. The summed E-state index contributed by atoms with van der Waals surface area (Å²) in [5.74, 6) is -0.835. The van der Waals surface area contributed by atoms with Crippen LogP contribution in [0.25, 0.3) is 0 Å². The second kappa shape index (κ2) is 8.97. The summed E-state index contributed by atoms with van der Waals surface area (Å²) >= 11 is 0. The van der Waals surface area contributed by atoms with Gasteiger partial charge < -0.3 is 20.5 Å². The Hall–Kier alpha value is -2.08. The summed E-state index contributed by atoms with van der Waals surface area (Å²) < 4.78 is 4.95. The van der Waals surface area contributed by atoms with Crippen molar-refractivity contribution in [3.8, 4) is 0 Å². The Labute approximate surface area is 124 Å². The van der Waals surface area contributed by atoms with Gasteiger partial charge in [-0.05, 0) is 37.5 Å². The van der Waals surface area contributed by atoms with Gasteiger partial charge in [0.05, 0.1) is 0 Å². The maximum atomic E-state index is 11.8. The van der Waals surface area contributed by atoms with E-state index in [0.717, 1.165) is 12.0 Å². The number of aryl methyl sites for hydroxylation is 1. The van der Waals surface area contributed by atoms with Crippen molar-refractivity contribution >= 4 is 17.7 Å². The van der Waals surface area contributed by atoms with E-state index in [1.54, 1.807) is 25.3 Å². The van der Waals surface area contributed by atoms with Crippen molar-refractivity contribution < 1.29 is 19.4 Å². The zero-order valence-corrected chi connectivity index (χ0v) is 12.4. The van der Waals surface area contributed by atoms with Gasteiger partial charge in [0, 0.05) is 31.9 Å². The van der Waals surface area contributed by atoms with E-state index >= 15 is 0 Å². The number of nitrogens with one attached hydrogen (secondary N) is 2. The Morgan fingerprint density at radius 2 is 2.14 bits per heavy atom. The van der Waals surface area contributed by atoms with E-state index < -0.39 is 5.97 Å². The predicted molar refractivity (Wildman–Crippen MR) is 80.5 cm³/mol. The highest BCUT2D eigenvalue weighted by atomic mass is 16.5. The first kappa shape index (κ1) is 17.0. The van der Waals surface area contributed by atoms with E-state index in [9.17, 15) is 9.59 Å². The topological polar surface area (TPSA) is 87.7 Å². The lowest BCUT2D eigenvalue weighted by Crippen LogP contribution is -2.36. The first-order valence-corrected chi connectivity index (χ1v) is 6.88. The lowest BCUT2D eigenvalue weighted by molar-refractivity contribution is -0.136. The smallest absolute Gasteiger partial charge is 0.319 e. The molecular formula is C15H22N2O4. The predicted octanol–water partition coefficient (Wildman–Crippen LogP) is 2.25. The molecule has 6 heteroatoms. The average Bonchev–Trinajstić information content (AvgIpc) is 2.43. The van der Waals surface area contributed by atoms with Crippen molar-refractivity contribution in [2.24, 2.45) is 0 Å². The molecule has 0 aliphatic rings. The molecule has 0 aromatic heterocycles. The number of hydrogen-bond acceptors (Lipinski definition) is 3. The number of methoxy groups -OCH3 is 1. The van der Waals surface area contributed by atoms with E-state index in [4.69, 9.17) is 9.84 Å². The van der Waals surface area contributed by atoms with Crippen LogP contribution in [0.15, 0.2) is 24.3 Å². The third-order valence-corrected chi connectivity index (χ3v) is 2.94. The van der Waals surface area contributed by atoms with Gasteiger partial charge in [0.1, 0.15) is 0 Å². The lowest BCUT2D eigenvalue weighted by Gasteiger charge is -2.14. The van der Waals surface area contributed by atoms with Crippen LogP contribution in [0.4, 0.5) is 10.5 Å². The molecule has 0 fully saturated rings. The summed E-state index contributed by atoms with van der Waals surface area (Å²) in [6.45, 7) is 2.49. The van der Waals surface area contributed by atoms with Crippen molar-refractivity contribution in [3.05, 3.63) is 29.8 Å². The van der Waals surface area contributed by atoms with Gasteiger partial charge in [-0.15, -0.1) is 0 Å². The molecule has 1 atom stereocenters. The second-order valence-corrected chi connectivity index (χ2v) is 4.88. The Balaban J connectivity index is 2.48. The van der Waals surface area contributed by atoms with Crippen LogP contribution >= 0.6 is 0 Å². The molecule has 0 heterocycles. The van der Waals surface area contributed by atoms with E-state index in [1.807, 2.05) is 13.0 Å². The standard InChI is InChI=1S/C15H22N2O4/c1-11(8-9-21-2)16-15(20)17-13-5-3-4-12(10-13)6-7-14(18)19/h3-5,10-11H,6-9H2,1-2H3,(H,18,19)(H2,16,17,20). The monoisotopic (exact) mass is 294 g/mol. The number of carbonyl (C=O) groups excluding carboxylic acids is 1. The van der Waals surface area contributed by atoms with E-state index in [1.165, 1.54) is 0 Å². The van der Waals surface area contributed by atoms with Gasteiger partial charge in [-0.2, -0.15) is 0 Å². The van der Waals surface area contributed by atoms with Crippen LogP contribution in [0.1, 0.15) is 25.3 Å². The third-order valence-electron chi connectivity index (χ3n) is 2.94. The Morgan fingerprint density at radius 1 is 1.38 bits per heavy atom. The molecular weight excluding hydrogens is 272 g/mol. The van der Waals surface area contributed by atoms with Crippen molar-refractivity contribution in [2.45, 2.75) is 32.2 Å². The first-order chi connectivity index (χ1) is 10.0. The van der Waals surface area contributed by atoms with Crippen molar-refractivity contribution in [1.29, 1.82) is 0 Å². The van der Waals surface area contributed by atoms with E-state index in [2.05, 4.69) is 10.6 Å². The Bertz CT molecular complexity index is 476. The van der Waals surface area contributed by atoms with Crippen LogP contribution in [0, 0.1) is 0 Å². The van der Waals surface area contributed by atoms with E-state index in [-0.39, 0.29) is 18.5 Å². The van der Waals surface area contributed by atoms with Gasteiger partial charge in [0.25, 0.3) is 0 Å². The van der Waals surface area contributed by atoms with Gasteiger partial charge in [0.2, 0.25) is 0 Å². The number of benzene rings is 1. The summed E-state index contributed by atoms with van der Waals surface area (Å²) in [5.41, 5.74) is 1.52. The second-order valence-electron chi connectivity index (χ2n) is 4.88. The molecule has 2 amide bonds. The van der Waals surface area contributed by atoms with Crippen LogP contribution < -0.4 is 10.6 Å². The quantitative estimate of drug-likeness (QED) is 0.686. The molecule has 1 aromatic carbocycles. The number of amides is 2. The fraction of sp³-hybridized carbons (Fsp3) is 0.467. The molecule has 3 N–H and O–H groups in total. The van der Waals surface area contributed by atoms with Crippen LogP contribution in [0.2, 0.25) is 0 Å². The van der Waals surface area contributed by atoms with Crippen LogP contribution in [-0.2, 0) is 16.0 Å². The molecule has 1 aromatic rings. The molecule has 21 heavy (non-hydrogen) atoms. The Kier molecular flexibility index (Phi) is 7.25. The molecule has 116 valence electrons. The largest absolute Gasteiger partial charge is 0.481 e. The number of hydrogen-bond donors (Lipinski definition) is 3. The molecule has 1 rings (SSSR count). The molecule has 0 radical (unpaired) electrons. The fourth-order valence-corrected chi connectivity index (χ4v) is 1.81. The first-order valence-electron chi connectivity index (χ1n) is 6.88. The minimum Gasteiger partial charge on any atom is -0.481 e. The molecule has 1 unspecified atom stereocenters. The number of urea groups is 1. The molecule has 0 aliphatic heterocycles. The molecule has 0 spiro atoms. The van der Waals surface area contributed by atoms with Gasteiger partial charge in [-0.3, -0.25) is 4.79 Å². The maximum absolute atomic E-state index is 11.8. The molecule has 6 nitrogen and oxygen atoms in total. The molecule has 0 aliphatic carbocycles. The normalized spacial score (nSPS) is 11.7. The van der Waals surface area contributed by atoms with Gasteiger partial charge in [-0.25, -0.2) is 4.79 Å². The molecule has 0 bridgehead atoms. The number of rotatable bonds is 8. The summed E-state index contributed by atoms with van der Waals surface area (Å²) in [5, 5.41) is 14.2. The summed E-state index contributed by atoms with van der Waals surface area (Å²) in [6, 6.07) is 6.91. The van der Waals surface area contributed by atoms with Gasteiger partial charge in [-0.1, -0.05) is 12.1 Å². The van der Waals surface area contributed by atoms with Crippen LogP contribution in [-0.4, -0.2) is 36.9 Å². The number of carbonyl (C=O) groups is 2. The zero-order chi connectivity index (χ0) is 15.7. The number of ether oxygens (including phenoxy) is 1. The minimum absolute atomic E-state index is 0.0140. The highest BCUT2D eigenvalue weighted by molar-refractivity contribution is 5.89. The average molecular weight is 294 g/mol. The number of anilines is 1. The van der Waals surface area contributed by atoms with E-state index in [0.29, 0.717) is 18.7 Å². The zero-order valence-electron chi connectivity index (χ0n) is 12.4. The highest BCUT2D eigenvalue weighted by Crippen LogP contribution is 2.12. The van der Waals surface area contributed by atoms with Crippen LogP contribution in [0.3, 0.4) is 0 Å². The van der Waals surface area contributed by atoms with Crippen molar-refractivity contribution in [3.63, 3.8) is 0 Å². The molecule has 0 saturated carbocycles. The maximum Gasteiger partial charge on any atom is 0.319 e. The molecule has 0 saturated heterocycles. The van der Waals surface area contributed by atoms with Gasteiger partial charge >= 0.3 is 12.0 Å². The summed E-state index contributed by atoms with van der Waals surface area (Å²) in [6.07, 6.45) is 1.25. The number of carboxylic acid groups (broad SMARTS) is 1. The Morgan fingerprint density at radius 3 is 2.81 bits per heavy atom. The number of carboxylic acids is 1. The SMILES string of the molecule is COCCC(C)NC(=O)Nc1cccc(CCC(=O)O)c1. The van der Waals surface area contributed by atoms with Gasteiger partial charge in [0.15, 0.2) is 0 Å². The summed E-state index contributed by atoms with van der Waals surface area (Å²) in [4.78, 5) is 22.4. The van der Waals surface area contributed by atoms with Crippen molar-refractivity contribution in [1.82, 2.24) is 5.32 Å². The van der Waals surface area contributed by atoms with Crippen molar-refractivity contribution in [2.75, 3.05) is 19.0 Å². The van der Waals surface area contributed by atoms with Crippen LogP contribution in [0.5, 0.6) is 0 Å². The lowest BCUT2D eigenvalue weighted by atomic mass is 10.1. The minimum atomic E-state index is -0.835. The highest BCUT2D eigenvalue weighted by Gasteiger charge is 2.07.